The normalized spacial score (nSPS) is 11.4. The number of fused-ring (bicyclic) bond motifs is 1. The first kappa shape index (κ1) is 22.7. The lowest BCUT2D eigenvalue weighted by atomic mass is 9.98. The van der Waals surface area contributed by atoms with Crippen LogP contribution in [-0.2, 0) is 6.54 Å². The molecule has 0 aliphatic carbocycles. The molecule has 0 saturated heterocycles. The lowest BCUT2D eigenvalue weighted by Gasteiger charge is -2.28. The van der Waals surface area contributed by atoms with Crippen molar-refractivity contribution >= 4 is 16.9 Å². The van der Waals surface area contributed by atoms with Gasteiger partial charge in [-0.05, 0) is 76.9 Å². The Hall–Kier alpha value is -3.47. The zero-order chi connectivity index (χ0) is 23.9. The number of carbonyl (C=O) groups excluding carboxylic acids is 1. The number of halogens is 1. The Morgan fingerprint density at radius 2 is 1.58 bits per heavy atom. The number of carbonyl (C=O) groups is 1. The first-order chi connectivity index (χ1) is 15.7. The highest BCUT2D eigenvalue weighted by atomic mass is 19.1. The maximum atomic E-state index is 14.0. The van der Waals surface area contributed by atoms with Crippen LogP contribution in [0.2, 0.25) is 0 Å². The summed E-state index contributed by atoms with van der Waals surface area (Å²) in [6.45, 7) is 12.4. The van der Waals surface area contributed by atoms with Gasteiger partial charge >= 0.3 is 0 Å². The van der Waals surface area contributed by atoms with Crippen LogP contribution in [0.3, 0.4) is 0 Å². The van der Waals surface area contributed by atoms with Crippen LogP contribution in [0.4, 0.5) is 4.39 Å². The van der Waals surface area contributed by atoms with E-state index >= 15 is 0 Å². The van der Waals surface area contributed by atoms with E-state index in [0.717, 1.165) is 39.0 Å². The molecule has 0 aliphatic heterocycles. The second-order valence-corrected chi connectivity index (χ2v) is 9.13. The minimum absolute atomic E-state index is 0.0197. The summed E-state index contributed by atoms with van der Waals surface area (Å²) < 4.78 is 16.0. The van der Waals surface area contributed by atoms with E-state index in [-0.39, 0.29) is 17.8 Å². The van der Waals surface area contributed by atoms with E-state index in [1.54, 1.807) is 6.07 Å². The highest BCUT2D eigenvalue weighted by Gasteiger charge is 2.25. The molecule has 1 heterocycles. The topological polar surface area (TPSA) is 38.1 Å². The zero-order valence-electron chi connectivity index (χ0n) is 20.1. The summed E-state index contributed by atoms with van der Waals surface area (Å²) in [7, 11) is 0. The van der Waals surface area contributed by atoms with Gasteiger partial charge < -0.3 is 4.90 Å². The third-order valence-electron chi connectivity index (χ3n) is 6.07. The van der Waals surface area contributed by atoms with Crippen molar-refractivity contribution in [2.45, 2.75) is 54.1 Å². The molecule has 0 atom stereocenters. The molecule has 0 aliphatic rings. The van der Waals surface area contributed by atoms with E-state index in [4.69, 9.17) is 4.98 Å². The molecule has 0 unspecified atom stereocenters. The summed E-state index contributed by atoms with van der Waals surface area (Å²) in [5.41, 5.74) is 7.29. The predicted molar refractivity (Wildman–Crippen MR) is 131 cm³/mol. The van der Waals surface area contributed by atoms with Crippen molar-refractivity contribution in [2.24, 2.45) is 0 Å². The monoisotopic (exact) mass is 443 g/mol. The lowest BCUT2D eigenvalue weighted by Crippen LogP contribution is -2.38. The van der Waals surface area contributed by atoms with Gasteiger partial charge in [-0.3, -0.25) is 9.36 Å². The van der Waals surface area contributed by atoms with Crippen LogP contribution in [0.15, 0.2) is 54.6 Å². The van der Waals surface area contributed by atoms with Crippen molar-refractivity contribution in [1.82, 2.24) is 14.5 Å². The number of rotatable bonds is 5. The molecule has 4 aromatic rings. The van der Waals surface area contributed by atoms with Gasteiger partial charge in [0.25, 0.3) is 5.91 Å². The third-order valence-corrected chi connectivity index (χ3v) is 6.07. The number of benzene rings is 3. The summed E-state index contributed by atoms with van der Waals surface area (Å²) >= 11 is 0. The van der Waals surface area contributed by atoms with Crippen LogP contribution in [-0.4, -0.2) is 26.4 Å². The smallest absolute Gasteiger partial charge is 0.255 e. The van der Waals surface area contributed by atoms with E-state index < -0.39 is 0 Å². The van der Waals surface area contributed by atoms with Crippen molar-refractivity contribution in [2.75, 3.05) is 0 Å². The van der Waals surface area contributed by atoms with E-state index in [2.05, 4.69) is 0 Å². The Balaban J connectivity index is 1.83. The number of aromatic nitrogens is 2. The van der Waals surface area contributed by atoms with Crippen molar-refractivity contribution in [3.05, 3.63) is 94.1 Å². The maximum absolute atomic E-state index is 14.0. The fourth-order valence-corrected chi connectivity index (χ4v) is 4.49. The van der Waals surface area contributed by atoms with Gasteiger partial charge in [0.2, 0.25) is 0 Å². The molecule has 33 heavy (non-hydrogen) atoms. The SMILES string of the molecule is Cc1ccc(-n2c(CN(C(=O)c3c(C)cc(C)cc3C)C(C)C)nc3cc(F)ccc32)cc1. The Bertz CT molecular complexity index is 1310. The van der Waals surface area contributed by atoms with Gasteiger partial charge in [0, 0.05) is 23.4 Å². The van der Waals surface area contributed by atoms with E-state index in [1.807, 2.05) is 87.4 Å². The first-order valence-electron chi connectivity index (χ1n) is 11.3. The number of hydrogen-bond acceptors (Lipinski definition) is 2. The molecular weight excluding hydrogens is 413 g/mol. The highest BCUT2D eigenvalue weighted by molar-refractivity contribution is 5.97. The molecule has 1 aromatic heterocycles. The molecule has 0 fully saturated rings. The Kier molecular flexibility index (Phi) is 6.07. The van der Waals surface area contributed by atoms with Gasteiger partial charge in [-0.25, -0.2) is 9.37 Å². The summed E-state index contributed by atoms with van der Waals surface area (Å²) in [6.07, 6.45) is 0. The van der Waals surface area contributed by atoms with Gasteiger partial charge in [0.05, 0.1) is 17.6 Å². The number of amides is 1. The maximum Gasteiger partial charge on any atom is 0.255 e. The summed E-state index contributed by atoms with van der Waals surface area (Å²) in [5, 5.41) is 0. The molecule has 0 spiro atoms. The summed E-state index contributed by atoms with van der Waals surface area (Å²) in [6, 6.07) is 16.8. The van der Waals surface area contributed by atoms with Crippen LogP contribution in [0.25, 0.3) is 16.7 Å². The quantitative estimate of drug-likeness (QED) is 0.356. The molecule has 0 N–H and O–H groups in total. The molecule has 3 aromatic carbocycles. The van der Waals surface area contributed by atoms with Crippen LogP contribution in [0.1, 0.15) is 52.3 Å². The molecule has 4 nitrogen and oxygen atoms in total. The Morgan fingerprint density at radius 3 is 2.18 bits per heavy atom. The first-order valence-corrected chi connectivity index (χ1v) is 11.3. The molecule has 1 amide bonds. The molecule has 0 bridgehead atoms. The van der Waals surface area contributed by atoms with Crippen molar-refractivity contribution in [3.8, 4) is 5.69 Å². The zero-order valence-corrected chi connectivity index (χ0v) is 20.1. The van der Waals surface area contributed by atoms with Crippen molar-refractivity contribution in [1.29, 1.82) is 0 Å². The van der Waals surface area contributed by atoms with Crippen LogP contribution < -0.4 is 0 Å². The van der Waals surface area contributed by atoms with E-state index in [1.165, 1.54) is 12.1 Å². The van der Waals surface area contributed by atoms with Gasteiger partial charge in [-0.15, -0.1) is 0 Å². The molecule has 4 rings (SSSR count). The van der Waals surface area contributed by atoms with Crippen molar-refractivity contribution in [3.63, 3.8) is 0 Å². The van der Waals surface area contributed by atoms with Crippen LogP contribution in [0.5, 0.6) is 0 Å². The summed E-state index contributed by atoms with van der Waals surface area (Å²) in [5.74, 6) is 0.350. The number of hydrogen-bond donors (Lipinski definition) is 0. The predicted octanol–water partition coefficient (Wildman–Crippen LogP) is 6.45. The lowest BCUT2D eigenvalue weighted by molar-refractivity contribution is 0.0683. The average Bonchev–Trinajstić information content (AvgIpc) is 3.08. The second-order valence-electron chi connectivity index (χ2n) is 9.13. The number of aryl methyl sites for hydroxylation is 4. The van der Waals surface area contributed by atoms with E-state index in [0.29, 0.717) is 17.9 Å². The fourth-order valence-electron chi connectivity index (χ4n) is 4.49. The van der Waals surface area contributed by atoms with Gasteiger partial charge in [-0.2, -0.15) is 0 Å². The molecule has 0 saturated carbocycles. The average molecular weight is 444 g/mol. The number of imidazole rings is 1. The fraction of sp³-hybridized carbons (Fsp3) is 0.286. The summed E-state index contributed by atoms with van der Waals surface area (Å²) in [4.78, 5) is 20.3. The largest absolute Gasteiger partial charge is 0.329 e. The van der Waals surface area contributed by atoms with Crippen molar-refractivity contribution < 1.29 is 9.18 Å². The van der Waals surface area contributed by atoms with Crippen LogP contribution >= 0.6 is 0 Å². The minimum atomic E-state index is -0.328. The standard InChI is InChI=1S/C28H30FN3O/c1-17(2)31(28(33)27-20(5)13-19(4)14-21(27)6)16-26-30-24-15-22(29)9-12-25(24)32(26)23-10-7-18(3)8-11-23/h7-15,17H,16H2,1-6H3. The van der Waals surface area contributed by atoms with E-state index in [9.17, 15) is 9.18 Å². The Labute approximate surface area is 194 Å². The number of nitrogens with zero attached hydrogens (tertiary/aromatic N) is 3. The van der Waals surface area contributed by atoms with Crippen LogP contribution in [0, 0.1) is 33.5 Å². The molecular formula is C28H30FN3O. The van der Waals surface area contributed by atoms with Gasteiger partial charge in [-0.1, -0.05) is 35.4 Å². The van der Waals surface area contributed by atoms with Gasteiger partial charge in [0.15, 0.2) is 0 Å². The minimum Gasteiger partial charge on any atom is -0.329 e. The highest BCUT2D eigenvalue weighted by Crippen LogP contribution is 2.26. The molecule has 170 valence electrons. The third kappa shape index (κ3) is 4.40. The second kappa shape index (κ2) is 8.81. The molecule has 0 radical (unpaired) electrons. The Morgan fingerprint density at radius 1 is 0.939 bits per heavy atom. The molecule has 5 heteroatoms. The van der Waals surface area contributed by atoms with Gasteiger partial charge in [0.1, 0.15) is 11.6 Å².